The van der Waals surface area contributed by atoms with E-state index in [4.69, 9.17) is 21.6 Å². The third-order valence-electron chi connectivity index (χ3n) is 4.79. The Bertz CT molecular complexity index is 816. The van der Waals surface area contributed by atoms with Crippen LogP contribution < -0.4 is 14.5 Å². The SMILES string of the molecule is COc1c(Cl)ncnc1N1CCN(CCN(C)c2cccc(C#N)c2)CC1. The molecule has 142 valence electrons. The van der Waals surface area contributed by atoms with Crippen molar-refractivity contribution in [2.75, 3.05) is 63.2 Å². The Morgan fingerprint density at radius 3 is 2.74 bits per heavy atom. The van der Waals surface area contributed by atoms with Crippen molar-refractivity contribution >= 4 is 23.1 Å². The van der Waals surface area contributed by atoms with E-state index in [0.717, 1.165) is 50.8 Å². The highest BCUT2D eigenvalue weighted by Gasteiger charge is 2.22. The van der Waals surface area contributed by atoms with E-state index in [1.807, 2.05) is 24.3 Å². The maximum Gasteiger partial charge on any atom is 0.199 e. The second-order valence-electron chi connectivity index (χ2n) is 6.43. The smallest absolute Gasteiger partial charge is 0.199 e. The summed E-state index contributed by atoms with van der Waals surface area (Å²) < 4.78 is 5.36. The van der Waals surface area contributed by atoms with Gasteiger partial charge in [-0.3, -0.25) is 4.90 Å². The fraction of sp³-hybridized carbons (Fsp3) is 0.421. The molecule has 2 aromatic rings. The van der Waals surface area contributed by atoms with E-state index in [0.29, 0.717) is 16.5 Å². The second kappa shape index (κ2) is 8.89. The minimum absolute atomic E-state index is 0.339. The maximum atomic E-state index is 9.04. The molecule has 27 heavy (non-hydrogen) atoms. The molecular formula is C19H23ClN6O. The van der Waals surface area contributed by atoms with Gasteiger partial charge in [0, 0.05) is 52.0 Å². The van der Waals surface area contributed by atoms with Gasteiger partial charge in [-0.15, -0.1) is 0 Å². The minimum atomic E-state index is 0.339. The van der Waals surface area contributed by atoms with Gasteiger partial charge in [-0.1, -0.05) is 17.7 Å². The van der Waals surface area contributed by atoms with Crippen LogP contribution in [0.25, 0.3) is 0 Å². The number of anilines is 2. The molecule has 0 radical (unpaired) electrons. The highest BCUT2D eigenvalue weighted by Crippen LogP contribution is 2.31. The Morgan fingerprint density at radius 2 is 2.04 bits per heavy atom. The molecule has 7 nitrogen and oxygen atoms in total. The topological polar surface area (TPSA) is 68.5 Å². The largest absolute Gasteiger partial charge is 0.490 e. The summed E-state index contributed by atoms with van der Waals surface area (Å²) >= 11 is 6.10. The number of piperazine rings is 1. The first-order valence-electron chi connectivity index (χ1n) is 8.85. The molecule has 0 aliphatic carbocycles. The van der Waals surface area contributed by atoms with E-state index in [1.54, 1.807) is 7.11 Å². The van der Waals surface area contributed by atoms with Crippen molar-refractivity contribution in [3.05, 3.63) is 41.3 Å². The van der Waals surface area contributed by atoms with Crippen LogP contribution in [0.4, 0.5) is 11.5 Å². The first kappa shape index (κ1) is 19.2. The zero-order chi connectivity index (χ0) is 19.2. The summed E-state index contributed by atoms with van der Waals surface area (Å²) in [6, 6.07) is 9.88. The summed E-state index contributed by atoms with van der Waals surface area (Å²) in [7, 11) is 3.64. The first-order chi connectivity index (χ1) is 13.1. The molecule has 0 bridgehead atoms. The molecule has 1 saturated heterocycles. The summed E-state index contributed by atoms with van der Waals surface area (Å²) in [4.78, 5) is 15.1. The highest BCUT2D eigenvalue weighted by molar-refractivity contribution is 6.31. The molecule has 1 aliphatic heterocycles. The van der Waals surface area contributed by atoms with Gasteiger partial charge in [0.1, 0.15) is 6.33 Å². The van der Waals surface area contributed by atoms with E-state index in [2.05, 4.69) is 37.8 Å². The van der Waals surface area contributed by atoms with Crippen molar-refractivity contribution in [3.8, 4) is 11.8 Å². The van der Waals surface area contributed by atoms with Crippen LogP contribution in [0.2, 0.25) is 5.15 Å². The Balaban J connectivity index is 1.53. The average molecular weight is 387 g/mol. The van der Waals surface area contributed by atoms with Crippen molar-refractivity contribution in [2.24, 2.45) is 0 Å². The molecule has 1 aromatic carbocycles. The standard InChI is InChI=1S/C19H23ClN6O/c1-24(16-5-3-4-15(12-16)13-21)6-7-25-8-10-26(11-9-25)19-17(27-2)18(20)22-14-23-19/h3-5,12,14H,6-11H2,1-2H3. The molecule has 8 heteroatoms. The summed E-state index contributed by atoms with van der Waals surface area (Å²) in [6.07, 6.45) is 1.47. The predicted octanol–water partition coefficient (Wildman–Crippen LogP) is 2.27. The molecule has 0 atom stereocenters. The molecule has 3 rings (SSSR count). The summed E-state index contributed by atoms with van der Waals surface area (Å²) in [5.41, 5.74) is 1.75. The van der Waals surface area contributed by atoms with Crippen LogP contribution in [0.5, 0.6) is 5.75 Å². The van der Waals surface area contributed by atoms with Crippen LogP contribution in [0.3, 0.4) is 0 Å². The van der Waals surface area contributed by atoms with Crippen molar-refractivity contribution in [2.45, 2.75) is 0 Å². The minimum Gasteiger partial charge on any atom is -0.490 e. The molecule has 0 saturated carbocycles. The van der Waals surface area contributed by atoms with Gasteiger partial charge in [-0.25, -0.2) is 9.97 Å². The van der Waals surface area contributed by atoms with Gasteiger partial charge in [0.05, 0.1) is 18.7 Å². The molecular weight excluding hydrogens is 364 g/mol. The lowest BCUT2D eigenvalue weighted by molar-refractivity contribution is 0.262. The van der Waals surface area contributed by atoms with Gasteiger partial charge in [-0.2, -0.15) is 5.26 Å². The van der Waals surface area contributed by atoms with Crippen LogP contribution in [-0.4, -0.2) is 68.3 Å². The van der Waals surface area contributed by atoms with Crippen molar-refractivity contribution in [1.29, 1.82) is 5.26 Å². The molecule has 1 aromatic heterocycles. The van der Waals surface area contributed by atoms with Crippen molar-refractivity contribution in [3.63, 3.8) is 0 Å². The molecule has 1 fully saturated rings. The fourth-order valence-corrected chi connectivity index (χ4v) is 3.37. The van der Waals surface area contributed by atoms with Gasteiger partial charge in [0.25, 0.3) is 0 Å². The summed E-state index contributed by atoms with van der Waals surface area (Å²) in [5, 5.41) is 9.38. The summed E-state index contributed by atoms with van der Waals surface area (Å²) in [6.45, 7) is 5.46. The lowest BCUT2D eigenvalue weighted by Crippen LogP contribution is -2.48. The summed E-state index contributed by atoms with van der Waals surface area (Å²) in [5.74, 6) is 1.28. The zero-order valence-corrected chi connectivity index (χ0v) is 16.4. The van der Waals surface area contributed by atoms with Crippen LogP contribution >= 0.6 is 11.6 Å². The number of likely N-dealkylation sites (N-methyl/N-ethyl adjacent to an activating group) is 1. The average Bonchev–Trinajstić information content (AvgIpc) is 2.72. The first-order valence-corrected chi connectivity index (χ1v) is 9.23. The van der Waals surface area contributed by atoms with Gasteiger partial charge < -0.3 is 14.5 Å². The number of nitriles is 1. The number of rotatable bonds is 6. The van der Waals surface area contributed by atoms with Crippen LogP contribution in [-0.2, 0) is 0 Å². The van der Waals surface area contributed by atoms with Gasteiger partial charge in [-0.05, 0) is 18.2 Å². The number of halogens is 1. The molecule has 0 unspecified atom stereocenters. The van der Waals surface area contributed by atoms with Gasteiger partial charge in [0.2, 0.25) is 0 Å². The number of methoxy groups -OCH3 is 1. The lowest BCUT2D eigenvalue weighted by Gasteiger charge is -2.36. The third-order valence-corrected chi connectivity index (χ3v) is 5.05. The van der Waals surface area contributed by atoms with E-state index < -0.39 is 0 Å². The van der Waals surface area contributed by atoms with E-state index >= 15 is 0 Å². The Hall–Kier alpha value is -2.56. The monoisotopic (exact) mass is 386 g/mol. The number of benzene rings is 1. The maximum absolute atomic E-state index is 9.04. The third kappa shape index (κ3) is 4.59. The molecule has 0 amide bonds. The van der Waals surface area contributed by atoms with E-state index in [9.17, 15) is 0 Å². The molecule has 2 heterocycles. The molecule has 1 aliphatic rings. The van der Waals surface area contributed by atoms with Crippen molar-refractivity contribution in [1.82, 2.24) is 14.9 Å². The number of ether oxygens (including phenoxy) is 1. The number of hydrogen-bond acceptors (Lipinski definition) is 7. The fourth-order valence-electron chi connectivity index (χ4n) is 3.16. The second-order valence-corrected chi connectivity index (χ2v) is 6.79. The Kier molecular flexibility index (Phi) is 6.32. The van der Waals surface area contributed by atoms with Gasteiger partial charge >= 0.3 is 0 Å². The number of aromatic nitrogens is 2. The Labute approximate surface area is 164 Å². The lowest BCUT2D eigenvalue weighted by atomic mass is 10.2. The molecule has 0 spiro atoms. The van der Waals surface area contributed by atoms with E-state index in [-0.39, 0.29) is 0 Å². The normalized spacial score (nSPS) is 14.7. The van der Waals surface area contributed by atoms with Crippen LogP contribution in [0, 0.1) is 11.3 Å². The van der Waals surface area contributed by atoms with Crippen molar-refractivity contribution < 1.29 is 4.74 Å². The number of hydrogen-bond donors (Lipinski definition) is 0. The van der Waals surface area contributed by atoms with Crippen LogP contribution in [0.1, 0.15) is 5.56 Å². The zero-order valence-electron chi connectivity index (χ0n) is 15.6. The highest BCUT2D eigenvalue weighted by atomic mass is 35.5. The molecule has 0 N–H and O–H groups in total. The van der Waals surface area contributed by atoms with Gasteiger partial charge in [0.15, 0.2) is 16.7 Å². The Morgan fingerprint density at radius 1 is 1.26 bits per heavy atom. The quantitative estimate of drug-likeness (QED) is 0.705. The number of nitrogens with zero attached hydrogens (tertiary/aromatic N) is 6. The van der Waals surface area contributed by atoms with E-state index in [1.165, 1.54) is 6.33 Å². The predicted molar refractivity (Wildman–Crippen MR) is 107 cm³/mol. The van der Waals surface area contributed by atoms with Crippen LogP contribution in [0.15, 0.2) is 30.6 Å².